The molecule has 0 saturated heterocycles. The van der Waals surface area contributed by atoms with Gasteiger partial charge in [0.25, 0.3) is 0 Å². The number of carboxylic acids is 1. The van der Waals surface area contributed by atoms with Crippen molar-refractivity contribution in [1.82, 2.24) is 5.32 Å². The van der Waals surface area contributed by atoms with Crippen LogP contribution in [0.2, 0.25) is 0 Å². The van der Waals surface area contributed by atoms with Crippen LogP contribution in [-0.2, 0) is 4.79 Å². The average molecular weight is 241 g/mol. The largest absolute Gasteiger partial charge is 0.480 e. The van der Waals surface area contributed by atoms with Gasteiger partial charge >= 0.3 is 5.97 Å². The first-order valence-corrected chi connectivity index (χ1v) is 6.87. The van der Waals surface area contributed by atoms with Crippen molar-refractivity contribution in [3.05, 3.63) is 0 Å². The van der Waals surface area contributed by atoms with E-state index in [4.69, 9.17) is 0 Å². The van der Waals surface area contributed by atoms with E-state index in [0.717, 1.165) is 32.1 Å². The molecule has 1 fully saturated rings. The lowest BCUT2D eigenvalue weighted by Crippen LogP contribution is -2.57. The highest BCUT2D eigenvalue weighted by atomic mass is 16.4. The van der Waals surface area contributed by atoms with E-state index in [9.17, 15) is 9.90 Å². The molecule has 1 aliphatic carbocycles. The molecule has 0 amide bonds. The maximum atomic E-state index is 11.5. The molecule has 3 nitrogen and oxygen atoms in total. The Labute approximate surface area is 105 Å². The fraction of sp³-hybridized carbons (Fsp3) is 0.929. The van der Waals surface area contributed by atoms with E-state index in [1.807, 2.05) is 0 Å². The summed E-state index contributed by atoms with van der Waals surface area (Å²) in [5.74, 6) is 0.607. The summed E-state index contributed by atoms with van der Waals surface area (Å²) in [4.78, 5) is 11.5. The smallest absolute Gasteiger partial charge is 0.323 e. The van der Waals surface area contributed by atoms with Gasteiger partial charge in [-0.05, 0) is 50.9 Å². The lowest BCUT2D eigenvalue weighted by molar-refractivity contribution is -0.147. The van der Waals surface area contributed by atoms with Crippen molar-refractivity contribution < 1.29 is 9.90 Å². The summed E-state index contributed by atoms with van der Waals surface area (Å²) in [6, 6.07) is 0.277. The predicted octanol–water partition coefficient (Wildman–Crippen LogP) is 3.04. The molecule has 0 bridgehead atoms. The standard InChI is InChI=1S/C14H27NO2/c1-10(2)9-12(4)15-14(13(16)17)7-5-11(3)6-8-14/h10-12,15H,5-9H2,1-4H3,(H,16,17). The minimum absolute atomic E-state index is 0.277. The van der Waals surface area contributed by atoms with Crippen LogP contribution < -0.4 is 5.32 Å². The van der Waals surface area contributed by atoms with Crippen LogP contribution in [0.4, 0.5) is 0 Å². The molecule has 0 aromatic rings. The van der Waals surface area contributed by atoms with E-state index in [0.29, 0.717) is 11.8 Å². The molecule has 1 unspecified atom stereocenters. The third kappa shape index (κ3) is 3.98. The maximum Gasteiger partial charge on any atom is 0.323 e. The summed E-state index contributed by atoms with van der Waals surface area (Å²) in [6.07, 6.45) is 4.61. The highest BCUT2D eigenvalue weighted by molar-refractivity contribution is 5.79. The van der Waals surface area contributed by atoms with Crippen LogP contribution in [0.3, 0.4) is 0 Å². The highest BCUT2D eigenvalue weighted by Crippen LogP contribution is 2.32. The molecule has 100 valence electrons. The van der Waals surface area contributed by atoms with Gasteiger partial charge in [-0.2, -0.15) is 0 Å². The second-order valence-corrected chi connectivity index (χ2v) is 6.24. The molecule has 1 atom stereocenters. The summed E-state index contributed by atoms with van der Waals surface area (Å²) in [5.41, 5.74) is -0.666. The lowest BCUT2D eigenvalue weighted by Gasteiger charge is -2.39. The number of carbonyl (C=O) groups is 1. The molecule has 1 rings (SSSR count). The number of aliphatic carboxylic acids is 1. The first-order chi connectivity index (χ1) is 7.85. The summed E-state index contributed by atoms with van der Waals surface area (Å²) < 4.78 is 0. The predicted molar refractivity (Wildman–Crippen MR) is 70.1 cm³/mol. The number of hydrogen-bond donors (Lipinski definition) is 2. The van der Waals surface area contributed by atoms with Crippen LogP contribution in [0.5, 0.6) is 0 Å². The summed E-state index contributed by atoms with van der Waals surface area (Å²) in [5, 5.41) is 12.9. The molecule has 0 heterocycles. The zero-order valence-electron chi connectivity index (χ0n) is 11.6. The Hall–Kier alpha value is -0.570. The molecule has 17 heavy (non-hydrogen) atoms. The Bertz CT molecular complexity index is 255. The Morgan fingerprint density at radius 1 is 1.35 bits per heavy atom. The topological polar surface area (TPSA) is 49.3 Å². The number of nitrogens with one attached hydrogen (secondary N) is 1. The summed E-state index contributed by atoms with van der Waals surface area (Å²) in [7, 11) is 0. The Morgan fingerprint density at radius 3 is 2.29 bits per heavy atom. The lowest BCUT2D eigenvalue weighted by atomic mass is 9.76. The molecule has 1 aliphatic rings. The minimum Gasteiger partial charge on any atom is -0.480 e. The summed E-state index contributed by atoms with van der Waals surface area (Å²) in [6.45, 7) is 8.66. The second-order valence-electron chi connectivity index (χ2n) is 6.24. The SMILES string of the molecule is CC(C)CC(C)NC1(C(=O)O)CCC(C)CC1. The van der Waals surface area contributed by atoms with Gasteiger partial charge < -0.3 is 5.11 Å². The molecular formula is C14H27NO2. The first kappa shape index (κ1) is 14.5. The molecule has 2 N–H and O–H groups in total. The molecule has 0 aromatic carbocycles. The zero-order valence-corrected chi connectivity index (χ0v) is 11.6. The highest BCUT2D eigenvalue weighted by Gasteiger charge is 2.41. The molecule has 0 aromatic heterocycles. The van der Waals surface area contributed by atoms with Crippen LogP contribution >= 0.6 is 0 Å². The van der Waals surface area contributed by atoms with Crippen molar-refractivity contribution in [2.24, 2.45) is 11.8 Å². The third-order valence-corrected chi connectivity index (χ3v) is 3.88. The van der Waals surface area contributed by atoms with Gasteiger partial charge in [0.05, 0.1) is 0 Å². The first-order valence-electron chi connectivity index (χ1n) is 6.87. The molecule has 3 heteroatoms. The monoisotopic (exact) mass is 241 g/mol. The minimum atomic E-state index is -0.667. The van der Waals surface area contributed by atoms with Gasteiger partial charge in [-0.1, -0.05) is 20.8 Å². The van der Waals surface area contributed by atoms with Crippen LogP contribution in [0.1, 0.15) is 59.8 Å². The number of hydrogen-bond acceptors (Lipinski definition) is 2. The van der Waals surface area contributed by atoms with Crippen molar-refractivity contribution in [1.29, 1.82) is 0 Å². The fourth-order valence-electron chi connectivity index (χ4n) is 2.91. The maximum absolute atomic E-state index is 11.5. The fourth-order valence-corrected chi connectivity index (χ4v) is 2.91. The van der Waals surface area contributed by atoms with Gasteiger partial charge in [-0.3, -0.25) is 10.1 Å². The van der Waals surface area contributed by atoms with Gasteiger partial charge in [0, 0.05) is 6.04 Å². The molecule has 0 aliphatic heterocycles. The molecule has 0 radical (unpaired) electrons. The van der Waals surface area contributed by atoms with E-state index in [1.165, 1.54) is 0 Å². The zero-order chi connectivity index (χ0) is 13.1. The van der Waals surface area contributed by atoms with Crippen LogP contribution in [0.25, 0.3) is 0 Å². The van der Waals surface area contributed by atoms with Crippen LogP contribution in [0, 0.1) is 11.8 Å². The van der Waals surface area contributed by atoms with Crippen molar-refractivity contribution in [3.63, 3.8) is 0 Å². The van der Waals surface area contributed by atoms with Gasteiger partial charge in [-0.15, -0.1) is 0 Å². The molecule has 0 spiro atoms. The van der Waals surface area contributed by atoms with E-state index < -0.39 is 11.5 Å². The third-order valence-electron chi connectivity index (χ3n) is 3.88. The van der Waals surface area contributed by atoms with Gasteiger partial charge in [0.15, 0.2) is 0 Å². The molecule has 1 saturated carbocycles. The van der Waals surface area contributed by atoms with Crippen molar-refractivity contribution in [3.8, 4) is 0 Å². The van der Waals surface area contributed by atoms with E-state index in [2.05, 4.69) is 33.0 Å². The summed E-state index contributed by atoms with van der Waals surface area (Å²) >= 11 is 0. The van der Waals surface area contributed by atoms with Crippen LogP contribution in [0.15, 0.2) is 0 Å². The second kappa shape index (κ2) is 5.85. The normalized spacial score (nSPS) is 31.5. The number of rotatable bonds is 5. The van der Waals surface area contributed by atoms with Gasteiger partial charge in [-0.25, -0.2) is 0 Å². The van der Waals surface area contributed by atoms with Gasteiger partial charge in [0.2, 0.25) is 0 Å². The average Bonchev–Trinajstić information content (AvgIpc) is 2.20. The number of carboxylic acid groups (broad SMARTS) is 1. The Kier molecular flexibility index (Phi) is 4.99. The van der Waals surface area contributed by atoms with Crippen molar-refractivity contribution in [2.45, 2.75) is 71.4 Å². The van der Waals surface area contributed by atoms with Crippen molar-refractivity contribution >= 4 is 5.97 Å². The van der Waals surface area contributed by atoms with Crippen LogP contribution in [-0.4, -0.2) is 22.7 Å². The van der Waals surface area contributed by atoms with E-state index in [1.54, 1.807) is 0 Å². The van der Waals surface area contributed by atoms with E-state index in [-0.39, 0.29) is 6.04 Å². The van der Waals surface area contributed by atoms with Crippen molar-refractivity contribution in [2.75, 3.05) is 0 Å². The van der Waals surface area contributed by atoms with Gasteiger partial charge in [0.1, 0.15) is 5.54 Å². The Morgan fingerprint density at radius 2 is 1.88 bits per heavy atom. The molecular weight excluding hydrogens is 214 g/mol. The van der Waals surface area contributed by atoms with E-state index >= 15 is 0 Å². The Balaban J connectivity index is 2.63. The quantitative estimate of drug-likeness (QED) is 0.778.